The first-order valence-corrected chi connectivity index (χ1v) is 10.1. The topological polar surface area (TPSA) is 117 Å². The second kappa shape index (κ2) is 9.23. The van der Waals surface area contributed by atoms with Crippen molar-refractivity contribution in [2.75, 3.05) is 16.8 Å². The Kier molecular flexibility index (Phi) is 6.03. The van der Waals surface area contributed by atoms with Gasteiger partial charge in [-0.2, -0.15) is 5.10 Å². The van der Waals surface area contributed by atoms with Crippen LogP contribution in [0.5, 0.6) is 0 Å². The number of rotatable bonds is 6. The highest BCUT2D eigenvalue weighted by molar-refractivity contribution is 6.54. The van der Waals surface area contributed by atoms with Gasteiger partial charge in [-0.05, 0) is 25.1 Å². The molecule has 0 aliphatic carbocycles. The van der Waals surface area contributed by atoms with Crippen LogP contribution in [0.25, 0.3) is 0 Å². The van der Waals surface area contributed by atoms with Gasteiger partial charge in [-0.1, -0.05) is 48.0 Å². The summed E-state index contributed by atoms with van der Waals surface area (Å²) in [4.78, 5) is 37.4. The van der Waals surface area contributed by atoms with Crippen LogP contribution in [0, 0.1) is 17.0 Å². The lowest BCUT2D eigenvalue weighted by Gasteiger charge is -2.16. The number of nitrogens with one attached hydrogen (secondary N) is 1. The van der Waals surface area contributed by atoms with E-state index >= 15 is 0 Å². The van der Waals surface area contributed by atoms with E-state index in [2.05, 4.69) is 15.5 Å². The van der Waals surface area contributed by atoms with Crippen molar-refractivity contribution in [3.05, 3.63) is 99.6 Å². The summed E-state index contributed by atoms with van der Waals surface area (Å²) in [6, 6.07) is 20.3. The summed E-state index contributed by atoms with van der Waals surface area (Å²) in [5.74, 6) is -0.796. The van der Waals surface area contributed by atoms with Crippen LogP contribution in [0.2, 0.25) is 0 Å². The Bertz CT molecular complexity index is 1300. The molecule has 0 aromatic heterocycles. The fraction of sp³-hybridized carbons (Fsp3) is 0.0833. The standard InChI is InChI=1S/C24H19N5O4/c1-16-9-11-18(12-10-16)26-22(30)15-28-21-8-3-2-7-20(21)23(24(28)31)27-25-14-17-5-4-6-19(13-17)29(32)33/h2-14H,15H2,1H3,(H,26,30). The molecule has 9 heteroatoms. The zero-order valence-electron chi connectivity index (χ0n) is 17.6. The zero-order chi connectivity index (χ0) is 23.4. The van der Waals surface area contributed by atoms with Gasteiger partial charge in [0.1, 0.15) is 6.54 Å². The summed E-state index contributed by atoms with van der Waals surface area (Å²) in [5.41, 5.74) is 3.33. The van der Waals surface area contributed by atoms with Crippen molar-refractivity contribution in [2.45, 2.75) is 6.92 Å². The normalized spacial score (nSPS) is 14.0. The van der Waals surface area contributed by atoms with Gasteiger partial charge in [-0.25, -0.2) is 0 Å². The van der Waals surface area contributed by atoms with Crippen molar-refractivity contribution in [3.63, 3.8) is 0 Å². The SMILES string of the molecule is Cc1ccc(NC(=O)CN2C(=O)C(=NN=Cc3cccc([N+](=O)[O-])c3)c3ccccc32)cc1. The van der Waals surface area contributed by atoms with E-state index in [0.717, 1.165) is 5.56 Å². The minimum Gasteiger partial charge on any atom is -0.325 e. The Labute approximate surface area is 189 Å². The average Bonchev–Trinajstić information content (AvgIpc) is 3.07. The number of benzene rings is 3. The molecule has 164 valence electrons. The number of fused-ring (bicyclic) bond motifs is 1. The third-order valence-corrected chi connectivity index (χ3v) is 4.98. The van der Waals surface area contributed by atoms with Gasteiger partial charge in [0.15, 0.2) is 5.71 Å². The van der Waals surface area contributed by atoms with E-state index in [4.69, 9.17) is 0 Å². The molecule has 2 amide bonds. The number of carbonyl (C=O) groups excluding carboxylic acids is 2. The van der Waals surface area contributed by atoms with Crippen LogP contribution in [0.15, 0.2) is 83.0 Å². The minimum atomic E-state index is -0.500. The molecule has 33 heavy (non-hydrogen) atoms. The molecule has 3 aromatic carbocycles. The highest BCUT2D eigenvalue weighted by atomic mass is 16.6. The first-order valence-electron chi connectivity index (χ1n) is 10.1. The quantitative estimate of drug-likeness (QED) is 0.356. The van der Waals surface area contributed by atoms with Crippen molar-refractivity contribution in [1.29, 1.82) is 0 Å². The third-order valence-electron chi connectivity index (χ3n) is 4.98. The number of aryl methyl sites for hydroxylation is 1. The van der Waals surface area contributed by atoms with Gasteiger partial charge in [0.25, 0.3) is 11.6 Å². The zero-order valence-corrected chi connectivity index (χ0v) is 17.6. The molecule has 4 rings (SSSR count). The van der Waals surface area contributed by atoms with Gasteiger partial charge in [0.05, 0.1) is 16.8 Å². The Morgan fingerprint density at radius 2 is 1.85 bits per heavy atom. The fourth-order valence-corrected chi connectivity index (χ4v) is 3.37. The highest BCUT2D eigenvalue weighted by Gasteiger charge is 2.35. The summed E-state index contributed by atoms with van der Waals surface area (Å²) in [6.07, 6.45) is 1.34. The van der Waals surface area contributed by atoms with Crippen LogP contribution in [0.3, 0.4) is 0 Å². The van der Waals surface area contributed by atoms with Gasteiger partial charge in [0.2, 0.25) is 5.91 Å². The van der Waals surface area contributed by atoms with Gasteiger partial charge < -0.3 is 5.32 Å². The molecule has 0 bridgehead atoms. The smallest absolute Gasteiger partial charge is 0.279 e. The number of nitro benzene ring substituents is 1. The lowest BCUT2D eigenvalue weighted by Crippen LogP contribution is -2.37. The summed E-state index contributed by atoms with van der Waals surface area (Å²) in [5, 5.41) is 21.7. The maximum atomic E-state index is 13.0. The van der Waals surface area contributed by atoms with E-state index in [0.29, 0.717) is 22.5 Å². The van der Waals surface area contributed by atoms with Gasteiger partial charge in [0, 0.05) is 28.9 Å². The lowest BCUT2D eigenvalue weighted by atomic mass is 10.1. The molecule has 1 aliphatic heterocycles. The number of nitrogens with zero attached hydrogens (tertiary/aromatic N) is 4. The third kappa shape index (κ3) is 4.82. The molecule has 1 N–H and O–H groups in total. The van der Waals surface area contributed by atoms with Crippen LogP contribution in [-0.2, 0) is 9.59 Å². The molecule has 1 aliphatic rings. The van der Waals surface area contributed by atoms with Crippen LogP contribution in [0.4, 0.5) is 17.1 Å². The molecule has 1 heterocycles. The van der Waals surface area contributed by atoms with Gasteiger partial charge in [-0.15, -0.1) is 5.10 Å². The molecule has 0 spiro atoms. The van der Waals surface area contributed by atoms with Crippen LogP contribution in [-0.4, -0.2) is 35.2 Å². The average molecular weight is 441 g/mol. The Morgan fingerprint density at radius 3 is 2.61 bits per heavy atom. The predicted octanol–water partition coefficient (Wildman–Crippen LogP) is 3.71. The summed E-state index contributed by atoms with van der Waals surface area (Å²) < 4.78 is 0. The number of amides is 2. The lowest BCUT2D eigenvalue weighted by molar-refractivity contribution is -0.384. The molecule has 0 atom stereocenters. The van der Waals surface area contributed by atoms with Crippen molar-refractivity contribution < 1.29 is 14.5 Å². The number of non-ortho nitro benzene ring substituents is 1. The molecule has 3 aromatic rings. The number of nitro groups is 1. The summed E-state index contributed by atoms with van der Waals surface area (Å²) in [6.45, 7) is 1.77. The second-order valence-electron chi connectivity index (χ2n) is 7.37. The van der Waals surface area contributed by atoms with E-state index in [1.165, 1.54) is 29.3 Å². The monoisotopic (exact) mass is 441 g/mol. The first kappa shape index (κ1) is 21.6. The predicted molar refractivity (Wildman–Crippen MR) is 126 cm³/mol. The molecule has 9 nitrogen and oxygen atoms in total. The summed E-state index contributed by atoms with van der Waals surface area (Å²) >= 11 is 0. The molecule has 0 saturated heterocycles. The Balaban J connectivity index is 1.54. The van der Waals surface area contributed by atoms with Gasteiger partial charge >= 0.3 is 0 Å². The number of carbonyl (C=O) groups is 2. The number of para-hydroxylation sites is 1. The van der Waals surface area contributed by atoms with Crippen molar-refractivity contribution in [2.24, 2.45) is 10.2 Å². The van der Waals surface area contributed by atoms with E-state index in [9.17, 15) is 19.7 Å². The number of hydrogen-bond acceptors (Lipinski definition) is 6. The van der Waals surface area contributed by atoms with E-state index in [-0.39, 0.29) is 23.9 Å². The molecule has 0 fully saturated rings. The van der Waals surface area contributed by atoms with Crippen molar-refractivity contribution in [3.8, 4) is 0 Å². The maximum Gasteiger partial charge on any atom is 0.279 e. The molecular formula is C24H19N5O4. The molecule has 0 radical (unpaired) electrons. The van der Waals surface area contributed by atoms with Crippen molar-refractivity contribution >= 4 is 40.8 Å². The second-order valence-corrected chi connectivity index (χ2v) is 7.37. The van der Waals surface area contributed by atoms with Crippen LogP contribution in [0.1, 0.15) is 16.7 Å². The Hall–Kier alpha value is -4.66. The van der Waals surface area contributed by atoms with Crippen molar-refractivity contribution in [1.82, 2.24) is 0 Å². The van der Waals surface area contributed by atoms with Crippen LogP contribution >= 0.6 is 0 Å². The van der Waals surface area contributed by atoms with Gasteiger partial charge in [-0.3, -0.25) is 24.6 Å². The van der Waals surface area contributed by atoms with Crippen LogP contribution < -0.4 is 10.2 Å². The highest BCUT2D eigenvalue weighted by Crippen LogP contribution is 2.29. The van der Waals surface area contributed by atoms with E-state index < -0.39 is 10.8 Å². The number of anilines is 2. The van der Waals surface area contributed by atoms with E-state index in [1.54, 1.807) is 42.5 Å². The molecule has 0 unspecified atom stereocenters. The summed E-state index contributed by atoms with van der Waals surface area (Å²) in [7, 11) is 0. The number of hydrogen-bond donors (Lipinski definition) is 1. The molecular weight excluding hydrogens is 422 g/mol. The first-order chi connectivity index (χ1) is 15.9. The molecule has 0 saturated carbocycles. The Morgan fingerprint density at radius 1 is 1.09 bits per heavy atom. The minimum absolute atomic E-state index is 0.0698. The maximum absolute atomic E-state index is 13.0. The van der Waals surface area contributed by atoms with E-state index in [1.807, 2.05) is 19.1 Å². The fourth-order valence-electron chi connectivity index (χ4n) is 3.37. The largest absolute Gasteiger partial charge is 0.325 e.